The molecule has 1 amide bonds. The van der Waals surface area contributed by atoms with Crippen molar-refractivity contribution in [3.63, 3.8) is 0 Å². The number of nitrogens with one attached hydrogen (secondary N) is 2. The van der Waals surface area contributed by atoms with E-state index < -0.39 is 5.97 Å². The van der Waals surface area contributed by atoms with E-state index in [1.54, 1.807) is 12.1 Å². The van der Waals surface area contributed by atoms with Crippen molar-refractivity contribution in [3.8, 4) is 0 Å². The molecule has 0 atom stereocenters. The maximum absolute atomic E-state index is 12.1. The van der Waals surface area contributed by atoms with Gasteiger partial charge in [-0.1, -0.05) is 29.3 Å². The molecule has 2 rings (SSSR count). The maximum Gasteiger partial charge on any atom is 0.335 e. The van der Waals surface area contributed by atoms with E-state index in [2.05, 4.69) is 10.6 Å². The Bertz CT molecular complexity index is 775. The highest BCUT2D eigenvalue weighted by molar-refractivity contribution is 7.80. The summed E-state index contributed by atoms with van der Waals surface area (Å²) in [6.45, 7) is 1.92. The molecule has 0 fully saturated rings. The second-order valence-electron chi connectivity index (χ2n) is 4.77. The number of aryl methyl sites for hydroxylation is 1. The Kier molecular flexibility index (Phi) is 5.31. The molecule has 0 aromatic heterocycles. The lowest BCUT2D eigenvalue weighted by Crippen LogP contribution is -2.34. The van der Waals surface area contributed by atoms with Crippen molar-refractivity contribution in [1.29, 1.82) is 0 Å². The first-order valence-electron chi connectivity index (χ1n) is 6.58. The number of thiocarbonyl (C=S) groups is 1. The highest BCUT2D eigenvalue weighted by Gasteiger charge is 2.11. The van der Waals surface area contributed by atoms with Gasteiger partial charge in [0.05, 0.1) is 16.3 Å². The molecule has 0 spiro atoms. The number of carbonyl (C=O) groups excluding carboxylic acids is 1. The monoisotopic (exact) mass is 348 g/mol. The summed E-state index contributed by atoms with van der Waals surface area (Å²) in [7, 11) is 0. The molecule has 2 aromatic rings. The zero-order valence-corrected chi connectivity index (χ0v) is 13.7. The molecule has 0 unspecified atom stereocenters. The number of hydrogen-bond acceptors (Lipinski definition) is 3. The summed E-state index contributed by atoms with van der Waals surface area (Å²) in [4.78, 5) is 23.0. The van der Waals surface area contributed by atoms with Crippen molar-refractivity contribution in [3.05, 3.63) is 64.2 Å². The molecular weight excluding hydrogens is 336 g/mol. The maximum atomic E-state index is 12.1. The number of rotatable bonds is 3. The van der Waals surface area contributed by atoms with Crippen molar-refractivity contribution >= 4 is 46.5 Å². The van der Waals surface area contributed by atoms with E-state index in [0.29, 0.717) is 16.3 Å². The van der Waals surface area contributed by atoms with Gasteiger partial charge >= 0.3 is 5.97 Å². The van der Waals surface area contributed by atoms with Gasteiger partial charge in [0.25, 0.3) is 5.91 Å². The third kappa shape index (κ3) is 4.51. The van der Waals surface area contributed by atoms with Gasteiger partial charge in [-0.25, -0.2) is 4.79 Å². The third-order valence-corrected chi connectivity index (χ3v) is 3.54. The zero-order valence-electron chi connectivity index (χ0n) is 12.1. The Morgan fingerprint density at radius 1 is 1.09 bits per heavy atom. The standard InChI is InChI=1S/C16H13ClN2O3S/c1-9-2-4-10(5-3-9)14(20)19-16(23)18-13-8-11(15(21)22)6-7-12(13)17/h2-8H,1H3,(H,21,22)(H2,18,19,20,23). The lowest BCUT2D eigenvalue weighted by Gasteiger charge is -2.11. The Balaban J connectivity index is 2.07. The molecule has 0 radical (unpaired) electrons. The van der Waals surface area contributed by atoms with Crippen LogP contribution in [0.4, 0.5) is 5.69 Å². The number of anilines is 1. The van der Waals surface area contributed by atoms with E-state index in [-0.39, 0.29) is 16.6 Å². The largest absolute Gasteiger partial charge is 0.478 e. The second kappa shape index (κ2) is 7.21. The number of hydrogen-bond donors (Lipinski definition) is 3. The van der Waals surface area contributed by atoms with Crippen LogP contribution in [0.3, 0.4) is 0 Å². The minimum absolute atomic E-state index is 0.0278. The average molecular weight is 349 g/mol. The molecule has 23 heavy (non-hydrogen) atoms. The number of aromatic carboxylic acids is 1. The van der Waals surface area contributed by atoms with Crippen LogP contribution in [0, 0.1) is 6.92 Å². The molecule has 7 heteroatoms. The van der Waals surface area contributed by atoms with Crippen molar-refractivity contribution < 1.29 is 14.7 Å². The van der Waals surface area contributed by atoms with Gasteiger partial charge in [-0.05, 0) is 49.5 Å². The minimum atomic E-state index is -1.08. The quantitative estimate of drug-likeness (QED) is 0.740. The molecule has 2 aromatic carbocycles. The Morgan fingerprint density at radius 2 is 1.70 bits per heavy atom. The van der Waals surface area contributed by atoms with Crippen molar-refractivity contribution in [2.75, 3.05) is 5.32 Å². The third-order valence-electron chi connectivity index (χ3n) is 3.00. The van der Waals surface area contributed by atoms with Gasteiger partial charge in [-0.15, -0.1) is 0 Å². The van der Waals surface area contributed by atoms with E-state index >= 15 is 0 Å². The molecule has 118 valence electrons. The fraction of sp³-hybridized carbons (Fsp3) is 0.0625. The number of halogens is 1. The molecule has 0 aliphatic rings. The predicted octanol–water partition coefficient (Wildman–Crippen LogP) is 3.47. The Hall–Kier alpha value is -2.44. The van der Waals surface area contributed by atoms with Crippen LogP contribution >= 0.6 is 23.8 Å². The summed E-state index contributed by atoms with van der Waals surface area (Å²) in [5.41, 5.74) is 1.87. The van der Waals surface area contributed by atoms with Crippen LogP contribution in [0.5, 0.6) is 0 Å². The second-order valence-corrected chi connectivity index (χ2v) is 5.59. The normalized spacial score (nSPS) is 10.0. The topological polar surface area (TPSA) is 78.4 Å². The number of carboxylic acids is 1. The Labute approximate surface area is 143 Å². The molecule has 0 heterocycles. The smallest absolute Gasteiger partial charge is 0.335 e. The van der Waals surface area contributed by atoms with E-state index in [1.165, 1.54) is 18.2 Å². The van der Waals surface area contributed by atoms with E-state index in [4.69, 9.17) is 28.9 Å². The minimum Gasteiger partial charge on any atom is -0.478 e. The van der Waals surface area contributed by atoms with Gasteiger partial charge in [-0.2, -0.15) is 0 Å². The molecule has 0 aliphatic carbocycles. The highest BCUT2D eigenvalue weighted by atomic mass is 35.5. The molecule has 3 N–H and O–H groups in total. The van der Waals surface area contributed by atoms with Crippen molar-refractivity contribution in [1.82, 2.24) is 5.32 Å². The SMILES string of the molecule is Cc1ccc(C(=O)NC(=S)Nc2cc(C(=O)O)ccc2Cl)cc1. The predicted molar refractivity (Wildman–Crippen MR) is 93.3 cm³/mol. The fourth-order valence-electron chi connectivity index (χ4n) is 1.79. The summed E-state index contributed by atoms with van der Waals surface area (Å²) in [5, 5.41) is 14.5. The first-order chi connectivity index (χ1) is 10.9. The zero-order chi connectivity index (χ0) is 17.0. The van der Waals surface area contributed by atoms with Gasteiger partial charge < -0.3 is 10.4 Å². The summed E-state index contributed by atoms with van der Waals surface area (Å²) in [5.74, 6) is -1.45. The van der Waals surface area contributed by atoms with Crippen LogP contribution in [0.2, 0.25) is 5.02 Å². The van der Waals surface area contributed by atoms with Crippen molar-refractivity contribution in [2.24, 2.45) is 0 Å². The molecular formula is C16H13ClN2O3S. The van der Waals surface area contributed by atoms with Gasteiger partial charge in [0.15, 0.2) is 5.11 Å². The van der Waals surface area contributed by atoms with Gasteiger partial charge in [-0.3, -0.25) is 10.1 Å². The first kappa shape index (κ1) is 16.9. The number of carbonyl (C=O) groups is 2. The van der Waals surface area contributed by atoms with E-state index in [9.17, 15) is 9.59 Å². The number of benzene rings is 2. The van der Waals surface area contributed by atoms with Gasteiger partial charge in [0.2, 0.25) is 0 Å². The summed E-state index contributed by atoms with van der Waals surface area (Å²) >= 11 is 11.0. The van der Waals surface area contributed by atoms with Crippen LogP contribution in [-0.2, 0) is 0 Å². The van der Waals surface area contributed by atoms with Crippen LogP contribution in [0.15, 0.2) is 42.5 Å². The summed E-state index contributed by atoms with van der Waals surface area (Å²) < 4.78 is 0. The Morgan fingerprint density at radius 3 is 2.30 bits per heavy atom. The molecule has 0 saturated heterocycles. The molecule has 0 saturated carbocycles. The summed E-state index contributed by atoms with van der Waals surface area (Å²) in [6, 6.07) is 11.2. The molecule has 5 nitrogen and oxygen atoms in total. The first-order valence-corrected chi connectivity index (χ1v) is 7.37. The average Bonchev–Trinajstić information content (AvgIpc) is 2.49. The van der Waals surface area contributed by atoms with Gasteiger partial charge in [0.1, 0.15) is 0 Å². The number of carboxylic acid groups (broad SMARTS) is 1. The highest BCUT2D eigenvalue weighted by Crippen LogP contribution is 2.23. The molecule has 0 bridgehead atoms. The lowest BCUT2D eigenvalue weighted by molar-refractivity contribution is 0.0696. The van der Waals surface area contributed by atoms with Crippen LogP contribution in [0.25, 0.3) is 0 Å². The van der Waals surface area contributed by atoms with Gasteiger partial charge in [0, 0.05) is 5.56 Å². The van der Waals surface area contributed by atoms with E-state index in [0.717, 1.165) is 5.56 Å². The molecule has 0 aliphatic heterocycles. The van der Waals surface area contributed by atoms with Crippen molar-refractivity contribution in [2.45, 2.75) is 6.92 Å². The van der Waals surface area contributed by atoms with Crippen LogP contribution < -0.4 is 10.6 Å². The number of amides is 1. The van der Waals surface area contributed by atoms with Crippen LogP contribution in [0.1, 0.15) is 26.3 Å². The summed E-state index contributed by atoms with van der Waals surface area (Å²) in [6.07, 6.45) is 0. The lowest BCUT2D eigenvalue weighted by atomic mass is 10.1. The fourth-order valence-corrected chi connectivity index (χ4v) is 2.16. The van der Waals surface area contributed by atoms with E-state index in [1.807, 2.05) is 19.1 Å². The van der Waals surface area contributed by atoms with Crippen LogP contribution in [-0.4, -0.2) is 22.1 Å².